The molecule has 4 atom stereocenters. The number of benzene rings is 3. The first-order chi connectivity index (χ1) is 20.8. The molecule has 1 aliphatic carbocycles. The van der Waals surface area contributed by atoms with E-state index in [1.165, 1.54) is 17.0 Å². The van der Waals surface area contributed by atoms with Gasteiger partial charge in [-0.1, -0.05) is 54.1 Å². The third-order valence-corrected chi connectivity index (χ3v) is 8.67. The fourth-order valence-corrected chi connectivity index (χ4v) is 6.70. The largest absolute Gasteiger partial charge is 0.508 e. The summed E-state index contributed by atoms with van der Waals surface area (Å²) in [7, 11) is -1.71. The summed E-state index contributed by atoms with van der Waals surface area (Å²) in [5.41, 5.74) is 4.66. The minimum Gasteiger partial charge on any atom is -0.508 e. The van der Waals surface area contributed by atoms with E-state index in [2.05, 4.69) is 6.92 Å². The van der Waals surface area contributed by atoms with E-state index in [-0.39, 0.29) is 35.0 Å². The summed E-state index contributed by atoms with van der Waals surface area (Å²) in [4.78, 5) is 28.9. The fourth-order valence-electron chi connectivity index (χ4n) is 6.70. The molecule has 2 saturated heterocycles. The molecule has 2 aliphatic heterocycles. The smallest absolute Gasteiger partial charge is 0.488 e. The summed E-state index contributed by atoms with van der Waals surface area (Å²) in [6.45, 7) is 2.69. The summed E-state index contributed by atoms with van der Waals surface area (Å²) in [5, 5.41) is 29.2. The number of hydrogen-bond acceptors (Lipinski definition) is 7. The maximum absolute atomic E-state index is 13.9. The first-order valence-corrected chi connectivity index (χ1v) is 14.6. The number of aromatic hydroxyl groups is 1. The third-order valence-electron chi connectivity index (χ3n) is 8.67. The Kier molecular flexibility index (Phi) is 8.21. The molecule has 8 nitrogen and oxygen atoms in total. The predicted molar refractivity (Wildman–Crippen MR) is 164 cm³/mol. The zero-order valence-electron chi connectivity index (χ0n) is 23.9. The molecule has 0 unspecified atom stereocenters. The van der Waals surface area contributed by atoms with Gasteiger partial charge in [0.25, 0.3) is 0 Å². The van der Waals surface area contributed by atoms with Crippen molar-refractivity contribution in [3.63, 3.8) is 0 Å². The molecular formula is C34H34BNO7. The van der Waals surface area contributed by atoms with E-state index in [0.717, 1.165) is 34.5 Å². The Balaban J connectivity index is 1.28. The first-order valence-electron chi connectivity index (χ1n) is 14.6. The Labute approximate surface area is 251 Å². The van der Waals surface area contributed by atoms with Crippen LogP contribution in [0.25, 0.3) is 6.08 Å². The molecule has 3 N–H and O–H groups in total. The number of anilines is 1. The molecule has 0 bridgehead atoms. The van der Waals surface area contributed by atoms with Gasteiger partial charge >= 0.3 is 7.12 Å². The number of hydrogen-bond donors (Lipinski definition) is 3. The Morgan fingerprint density at radius 2 is 1.79 bits per heavy atom. The average Bonchev–Trinajstić information content (AvgIpc) is 3.53. The van der Waals surface area contributed by atoms with E-state index < -0.39 is 19.0 Å². The topological polar surface area (TPSA) is 117 Å². The van der Waals surface area contributed by atoms with Gasteiger partial charge < -0.3 is 24.6 Å². The van der Waals surface area contributed by atoms with Crippen molar-refractivity contribution in [2.45, 2.75) is 32.3 Å². The predicted octanol–water partition coefficient (Wildman–Crippen LogP) is 3.86. The molecule has 2 heterocycles. The van der Waals surface area contributed by atoms with Crippen molar-refractivity contribution in [3.05, 3.63) is 101 Å². The molecule has 0 spiro atoms. The molecule has 3 aromatic carbocycles. The molecule has 3 aliphatic rings. The van der Waals surface area contributed by atoms with Gasteiger partial charge in [-0.05, 0) is 84.8 Å². The van der Waals surface area contributed by atoms with Gasteiger partial charge in [-0.2, -0.15) is 0 Å². The van der Waals surface area contributed by atoms with E-state index in [1.807, 2.05) is 48.5 Å². The number of carbonyl (C=O) groups is 2. The minimum absolute atomic E-state index is 0.210. The number of fused-ring (bicyclic) bond motifs is 3. The van der Waals surface area contributed by atoms with Crippen molar-refractivity contribution in [3.8, 4) is 11.5 Å². The molecule has 2 amide bonds. The average molecular weight is 579 g/mol. The lowest BCUT2D eigenvalue weighted by molar-refractivity contribution is -0.122. The molecule has 43 heavy (non-hydrogen) atoms. The van der Waals surface area contributed by atoms with Crippen LogP contribution in [-0.4, -0.2) is 53.4 Å². The summed E-state index contributed by atoms with van der Waals surface area (Å²) < 4.78 is 12.5. The zero-order chi connectivity index (χ0) is 30.1. The zero-order valence-corrected chi connectivity index (χ0v) is 23.9. The van der Waals surface area contributed by atoms with Crippen molar-refractivity contribution in [1.29, 1.82) is 0 Å². The summed E-state index contributed by atoms with van der Waals surface area (Å²) in [6.07, 6.45) is 3.70. The highest BCUT2D eigenvalue weighted by molar-refractivity contribution is 6.58. The van der Waals surface area contributed by atoms with Crippen molar-refractivity contribution in [1.82, 2.24) is 0 Å². The number of nitrogens with zero attached hydrogens (tertiary/aromatic N) is 1. The van der Waals surface area contributed by atoms with Gasteiger partial charge in [0.1, 0.15) is 18.1 Å². The van der Waals surface area contributed by atoms with Crippen LogP contribution < -0.4 is 15.1 Å². The summed E-state index contributed by atoms with van der Waals surface area (Å²) in [6, 6.07) is 22.9. The maximum atomic E-state index is 13.9. The fraction of sp³-hybridized carbons (Fsp3) is 0.294. The van der Waals surface area contributed by atoms with Gasteiger partial charge in [0.2, 0.25) is 11.8 Å². The lowest BCUT2D eigenvalue weighted by Gasteiger charge is -2.31. The molecule has 3 aromatic rings. The molecule has 220 valence electrons. The van der Waals surface area contributed by atoms with Gasteiger partial charge in [0, 0.05) is 5.92 Å². The molecule has 0 radical (unpaired) electrons. The van der Waals surface area contributed by atoms with Gasteiger partial charge in [-0.25, -0.2) is 0 Å². The van der Waals surface area contributed by atoms with Crippen molar-refractivity contribution in [2.24, 2.45) is 17.8 Å². The Hall–Kier alpha value is -4.18. The second kappa shape index (κ2) is 12.2. The monoisotopic (exact) mass is 579 g/mol. The van der Waals surface area contributed by atoms with E-state index in [4.69, 9.17) is 9.47 Å². The number of rotatable bonds is 9. The number of imide groups is 1. The normalized spacial score (nSPS) is 23.4. The number of carbonyl (C=O) groups excluding carboxylic acids is 2. The Morgan fingerprint density at radius 1 is 1.00 bits per heavy atom. The molecular weight excluding hydrogens is 545 g/mol. The van der Waals surface area contributed by atoms with E-state index >= 15 is 0 Å². The summed E-state index contributed by atoms with van der Waals surface area (Å²) >= 11 is 0. The van der Waals surface area contributed by atoms with Crippen molar-refractivity contribution in [2.75, 3.05) is 18.1 Å². The highest BCUT2D eigenvalue weighted by Crippen LogP contribution is 2.50. The quantitative estimate of drug-likeness (QED) is 0.200. The Bertz CT molecular complexity index is 1580. The number of phenols is 1. The van der Waals surface area contributed by atoms with Crippen LogP contribution in [0.5, 0.6) is 11.5 Å². The lowest BCUT2D eigenvalue weighted by atomic mass is 9.69. The molecule has 2 fully saturated rings. The Morgan fingerprint density at radius 3 is 2.56 bits per heavy atom. The van der Waals surface area contributed by atoms with Crippen LogP contribution in [0.3, 0.4) is 0 Å². The molecule has 9 heteroatoms. The van der Waals surface area contributed by atoms with Crippen LogP contribution in [0.15, 0.2) is 95.6 Å². The van der Waals surface area contributed by atoms with Crippen LogP contribution >= 0.6 is 0 Å². The van der Waals surface area contributed by atoms with Crippen LogP contribution in [0.4, 0.5) is 5.69 Å². The van der Waals surface area contributed by atoms with Crippen LogP contribution in [0.2, 0.25) is 0 Å². The molecule has 6 rings (SSSR count). The number of amides is 2. The molecule has 0 aromatic heterocycles. The van der Waals surface area contributed by atoms with E-state index in [1.54, 1.807) is 24.3 Å². The molecule has 0 saturated carbocycles. The van der Waals surface area contributed by atoms with E-state index in [9.17, 15) is 24.7 Å². The van der Waals surface area contributed by atoms with Gasteiger partial charge in [0.05, 0.1) is 30.2 Å². The SMILES string of the molecule is C/C(=C\c1cccc(O)c1)CC[C@H]1OC[C@H]2C1=C(COc1ccccc1)C[C@H]1C(=O)N(c3cccc(B(O)O)c3)C(=O)[C@H]12. The highest BCUT2D eigenvalue weighted by atomic mass is 16.5. The number of phenolic OH excluding ortho intramolecular Hbond substituents is 1. The van der Waals surface area contributed by atoms with Crippen LogP contribution in [-0.2, 0) is 14.3 Å². The number of para-hydroxylation sites is 1. The van der Waals surface area contributed by atoms with E-state index in [0.29, 0.717) is 31.7 Å². The third kappa shape index (κ3) is 5.88. The summed E-state index contributed by atoms with van der Waals surface area (Å²) in [5.74, 6) is -0.977. The van der Waals surface area contributed by atoms with Gasteiger partial charge in [0.15, 0.2) is 0 Å². The lowest BCUT2D eigenvalue weighted by Crippen LogP contribution is -2.36. The second-order valence-corrected chi connectivity index (χ2v) is 11.5. The first kappa shape index (κ1) is 28.9. The maximum Gasteiger partial charge on any atom is 0.488 e. The number of allylic oxidation sites excluding steroid dienone is 1. The second-order valence-electron chi connectivity index (χ2n) is 11.5. The number of ether oxygens (including phenoxy) is 2. The standard InChI is InChI=1S/C34H34BNO7/c1-21(15-22-7-5-10-26(37)16-22)13-14-30-31-23(19-42-27-11-3-2-4-12-27)17-28-32(29(31)20-43-30)34(39)36(33(28)38)25-9-6-8-24(18-25)35(40)41/h2-12,15-16,18,28-30,32,37,40-41H,13-14,17,19-20H2,1H3/b21-15+/t28-,29+,30-,32-/m1/s1. The highest BCUT2D eigenvalue weighted by Gasteiger charge is 2.57. The van der Waals surface area contributed by atoms with Crippen molar-refractivity contribution < 1.29 is 34.2 Å². The van der Waals surface area contributed by atoms with Crippen molar-refractivity contribution >= 4 is 36.2 Å². The van der Waals surface area contributed by atoms with Gasteiger partial charge in [-0.3, -0.25) is 14.5 Å². The van der Waals surface area contributed by atoms with Crippen LogP contribution in [0, 0.1) is 17.8 Å². The van der Waals surface area contributed by atoms with Gasteiger partial charge in [-0.15, -0.1) is 0 Å². The van der Waals surface area contributed by atoms with Crippen LogP contribution in [0.1, 0.15) is 31.7 Å². The minimum atomic E-state index is -1.71.